The Labute approximate surface area is 134 Å². The molecule has 0 saturated carbocycles. The summed E-state index contributed by atoms with van der Waals surface area (Å²) in [5.74, 6) is 0.449. The van der Waals surface area contributed by atoms with E-state index < -0.39 is 0 Å². The number of amides is 1. The van der Waals surface area contributed by atoms with Crippen molar-refractivity contribution in [3.63, 3.8) is 0 Å². The van der Waals surface area contributed by atoms with Gasteiger partial charge in [0.15, 0.2) is 4.34 Å². The summed E-state index contributed by atoms with van der Waals surface area (Å²) in [4.78, 5) is 16.3. The zero-order valence-electron chi connectivity index (χ0n) is 12.6. The van der Waals surface area contributed by atoms with Crippen LogP contribution in [0.25, 0.3) is 0 Å². The Morgan fingerprint density at radius 3 is 2.67 bits per heavy atom. The molecule has 112 valence electrons. The van der Waals surface area contributed by atoms with Crippen LogP contribution in [0.3, 0.4) is 0 Å². The number of aryl methyl sites for hydroxylation is 2. The molecule has 0 aliphatic carbocycles. The number of thioether (sulfide) groups is 1. The van der Waals surface area contributed by atoms with Crippen molar-refractivity contribution >= 4 is 29.0 Å². The van der Waals surface area contributed by atoms with Gasteiger partial charge in [0.05, 0.1) is 11.8 Å². The maximum Gasteiger partial charge on any atom is 0.230 e. The second-order valence-electron chi connectivity index (χ2n) is 4.93. The maximum atomic E-state index is 12.0. The van der Waals surface area contributed by atoms with Crippen molar-refractivity contribution in [2.75, 3.05) is 5.75 Å². The summed E-state index contributed by atoms with van der Waals surface area (Å²) in [6.07, 6.45) is 1.03. The molecule has 21 heavy (non-hydrogen) atoms. The van der Waals surface area contributed by atoms with Crippen LogP contribution in [0.15, 0.2) is 34.0 Å². The average molecular weight is 320 g/mol. The Morgan fingerprint density at radius 1 is 1.38 bits per heavy atom. The van der Waals surface area contributed by atoms with Gasteiger partial charge in [0.25, 0.3) is 0 Å². The van der Waals surface area contributed by atoms with Crippen molar-refractivity contribution in [2.45, 2.75) is 37.6 Å². The van der Waals surface area contributed by atoms with E-state index in [1.54, 1.807) is 11.3 Å². The van der Waals surface area contributed by atoms with Gasteiger partial charge in [-0.2, -0.15) is 0 Å². The Balaban J connectivity index is 1.83. The lowest BCUT2D eigenvalue weighted by atomic mass is 10.1. The molecule has 0 radical (unpaired) electrons. The van der Waals surface area contributed by atoms with E-state index in [1.807, 2.05) is 19.2 Å². The molecule has 1 N–H and O–H groups in total. The molecule has 0 aliphatic heterocycles. The number of thiazole rings is 1. The van der Waals surface area contributed by atoms with E-state index in [1.165, 1.54) is 17.3 Å². The Hall–Kier alpha value is -1.33. The van der Waals surface area contributed by atoms with Crippen LogP contribution in [0.1, 0.15) is 36.7 Å². The standard InChI is InChI=1S/C16H20N2OS2/c1-4-13-5-7-14(8-6-13)12(3)18-15(19)10-21-16-17-11(2)9-20-16/h5-9,12H,4,10H2,1-3H3,(H,18,19). The zero-order valence-corrected chi connectivity index (χ0v) is 14.2. The van der Waals surface area contributed by atoms with E-state index in [4.69, 9.17) is 0 Å². The summed E-state index contributed by atoms with van der Waals surface area (Å²) in [7, 11) is 0. The summed E-state index contributed by atoms with van der Waals surface area (Å²) in [6, 6.07) is 8.43. The predicted molar refractivity (Wildman–Crippen MR) is 90.0 cm³/mol. The van der Waals surface area contributed by atoms with Gasteiger partial charge in [-0.1, -0.05) is 43.0 Å². The Morgan fingerprint density at radius 2 is 2.10 bits per heavy atom. The number of aromatic nitrogens is 1. The van der Waals surface area contributed by atoms with E-state index in [-0.39, 0.29) is 11.9 Å². The highest BCUT2D eigenvalue weighted by Crippen LogP contribution is 2.22. The molecule has 3 nitrogen and oxygen atoms in total. The fourth-order valence-corrected chi connectivity index (χ4v) is 3.59. The SMILES string of the molecule is CCc1ccc(C(C)NC(=O)CSc2nc(C)cs2)cc1. The highest BCUT2D eigenvalue weighted by Gasteiger charge is 2.10. The zero-order chi connectivity index (χ0) is 15.2. The minimum absolute atomic E-state index is 0.0297. The number of carbonyl (C=O) groups is 1. The van der Waals surface area contributed by atoms with E-state index in [9.17, 15) is 4.79 Å². The van der Waals surface area contributed by atoms with E-state index in [2.05, 4.69) is 41.5 Å². The maximum absolute atomic E-state index is 12.0. The molecule has 0 spiro atoms. The normalized spacial score (nSPS) is 12.1. The van der Waals surface area contributed by atoms with Crippen molar-refractivity contribution < 1.29 is 4.79 Å². The molecule has 1 aromatic carbocycles. The van der Waals surface area contributed by atoms with Crippen LogP contribution in [0.5, 0.6) is 0 Å². The first-order valence-corrected chi connectivity index (χ1v) is 8.88. The van der Waals surface area contributed by atoms with Gasteiger partial charge in [-0.05, 0) is 31.4 Å². The van der Waals surface area contributed by atoms with Gasteiger partial charge in [0, 0.05) is 11.1 Å². The number of benzene rings is 1. The fourth-order valence-electron chi connectivity index (χ4n) is 1.93. The molecule has 5 heteroatoms. The summed E-state index contributed by atoms with van der Waals surface area (Å²) < 4.78 is 0.947. The van der Waals surface area contributed by atoms with Gasteiger partial charge in [-0.3, -0.25) is 4.79 Å². The van der Waals surface area contributed by atoms with Crippen LogP contribution in [0, 0.1) is 6.92 Å². The third-order valence-electron chi connectivity index (χ3n) is 3.19. The first-order chi connectivity index (χ1) is 10.1. The van der Waals surface area contributed by atoms with Crippen LogP contribution in [-0.4, -0.2) is 16.6 Å². The lowest BCUT2D eigenvalue weighted by Gasteiger charge is -2.14. The molecule has 2 rings (SSSR count). The first-order valence-electron chi connectivity index (χ1n) is 7.01. The highest BCUT2D eigenvalue weighted by molar-refractivity contribution is 8.01. The van der Waals surface area contributed by atoms with Crippen LogP contribution in [0.2, 0.25) is 0 Å². The second kappa shape index (κ2) is 7.61. The molecule has 1 amide bonds. The van der Waals surface area contributed by atoms with Crippen molar-refractivity contribution in [1.29, 1.82) is 0 Å². The van der Waals surface area contributed by atoms with Gasteiger partial charge in [0.2, 0.25) is 5.91 Å². The van der Waals surface area contributed by atoms with Gasteiger partial charge in [-0.25, -0.2) is 4.98 Å². The molecule has 0 aliphatic rings. The van der Waals surface area contributed by atoms with Crippen LogP contribution < -0.4 is 5.32 Å². The van der Waals surface area contributed by atoms with Gasteiger partial charge >= 0.3 is 0 Å². The lowest BCUT2D eigenvalue weighted by molar-refractivity contribution is -0.119. The van der Waals surface area contributed by atoms with E-state index in [0.29, 0.717) is 5.75 Å². The molecule has 0 bridgehead atoms. The largest absolute Gasteiger partial charge is 0.349 e. The predicted octanol–water partition coefficient (Wildman–Crippen LogP) is 3.98. The molecule has 1 aromatic heterocycles. The quantitative estimate of drug-likeness (QED) is 0.819. The van der Waals surface area contributed by atoms with Crippen LogP contribution >= 0.6 is 23.1 Å². The number of carbonyl (C=O) groups excluding carboxylic acids is 1. The van der Waals surface area contributed by atoms with Crippen LogP contribution in [0.4, 0.5) is 0 Å². The van der Waals surface area contributed by atoms with E-state index in [0.717, 1.165) is 22.0 Å². The van der Waals surface area contributed by atoms with Crippen molar-refractivity contribution in [3.05, 3.63) is 46.5 Å². The van der Waals surface area contributed by atoms with Crippen molar-refractivity contribution in [1.82, 2.24) is 10.3 Å². The average Bonchev–Trinajstić information content (AvgIpc) is 2.91. The topological polar surface area (TPSA) is 42.0 Å². The molecule has 1 atom stereocenters. The summed E-state index contributed by atoms with van der Waals surface area (Å²) in [5.41, 5.74) is 3.45. The molecule has 0 fully saturated rings. The molecule has 2 aromatic rings. The molecule has 1 heterocycles. The van der Waals surface area contributed by atoms with Gasteiger partial charge in [0.1, 0.15) is 0 Å². The first kappa shape index (κ1) is 16.0. The molecular formula is C16H20N2OS2. The van der Waals surface area contributed by atoms with Crippen molar-refractivity contribution in [2.24, 2.45) is 0 Å². The Kier molecular flexibility index (Phi) is 5.82. The third-order valence-corrected chi connectivity index (χ3v) is 5.33. The van der Waals surface area contributed by atoms with Crippen LogP contribution in [-0.2, 0) is 11.2 Å². The van der Waals surface area contributed by atoms with E-state index >= 15 is 0 Å². The van der Waals surface area contributed by atoms with Gasteiger partial charge in [-0.15, -0.1) is 11.3 Å². The highest BCUT2D eigenvalue weighted by atomic mass is 32.2. The minimum Gasteiger partial charge on any atom is -0.349 e. The number of nitrogens with zero attached hydrogens (tertiary/aromatic N) is 1. The number of hydrogen-bond acceptors (Lipinski definition) is 4. The number of rotatable bonds is 6. The van der Waals surface area contributed by atoms with Crippen molar-refractivity contribution in [3.8, 4) is 0 Å². The molecule has 1 unspecified atom stereocenters. The fraction of sp³-hybridized carbons (Fsp3) is 0.375. The monoisotopic (exact) mass is 320 g/mol. The summed E-state index contributed by atoms with van der Waals surface area (Å²) in [6.45, 7) is 6.11. The van der Waals surface area contributed by atoms with Gasteiger partial charge < -0.3 is 5.32 Å². The smallest absolute Gasteiger partial charge is 0.230 e. The second-order valence-corrected chi connectivity index (χ2v) is 7.01. The minimum atomic E-state index is 0.0297. The lowest BCUT2D eigenvalue weighted by Crippen LogP contribution is -2.28. The number of hydrogen-bond donors (Lipinski definition) is 1. The Bertz CT molecular complexity index is 593. The molecule has 0 saturated heterocycles. The number of nitrogens with one attached hydrogen (secondary N) is 1. The molecular weight excluding hydrogens is 300 g/mol. The third kappa shape index (κ3) is 4.86. The summed E-state index contributed by atoms with van der Waals surface area (Å²) in [5, 5.41) is 5.03. The summed E-state index contributed by atoms with van der Waals surface area (Å²) >= 11 is 3.07.